The zero-order valence-corrected chi connectivity index (χ0v) is 72.1. The molecule has 36 heteroatoms. The van der Waals surface area contributed by atoms with Gasteiger partial charge in [0.1, 0.15) is 27.8 Å². The van der Waals surface area contributed by atoms with Crippen molar-refractivity contribution >= 4 is 97.1 Å². The lowest BCUT2D eigenvalue weighted by molar-refractivity contribution is 0.266. The summed E-state index contributed by atoms with van der Waals surface area (Å²) in [5.41, 5.74) is 13.6. The van der Waals surface area contributed by atoms with Crippen LogP contribution in [0.5, 0.6) is 0 Å². The van der Waals surface area contributed by atoms with Crippen LogP contribution in [0.1, 0.15) is 188 Å². The summed E-state index contributed by atoms with van der Waals surface area (Å²) in [6, 6.07) is 13.5. The van der Waals surface area contributed by atoms with Gasteiger partial charge in [0.25, 0.3) is 0 Å². The molecule has 3 N–H and O–H groups in total. The molecule has 0 aromatic carbocycles. The van der Waals surface area contributed by atoms with E-state index in [1.807, 2.05) is 74.8 Å². The van der Waals surface area contributed by atoms with E-state index in [-0.39, 0.29) is 35.6 Å². The summed E-state index contributed by atoms with van der Waals surface area (Å²) >= 11 is 20.9. The molecule has 21 rings (SSSR count). The van der Waals surface area contributed by atoms with Gasteiger partial charge in [-0.15, -0.1) is 11.3 Å². The number of nitrogens with one attached hydrogen (secondary N) is 3. The van der Waals surface area contributed by atoms with Crippen LogP contribution in [0.25, 0.3) is 101 Å². The molecule has 15 aromatic rings. The molecule has 32 nitrogen and oxygen atoms in total. The molecular formula is C87H93Cl3N24O8S. The summed E-state index contributed by atoms with van der Waals surface area (Å²) < 4.78 is 32.8. The second-order valence-electron chi connectivity index (χ2n) is 34.2. The Labute approximate surface area is 724 Å². The molecule has 3 atom stereocenters. The van der Waals surface area contributed by atoms with E-state index in [9.17, 15) is 14.4 Å². The highest BCUT2D eigenvalue weighted by Crippen LogP contribution is 2.48. The molecule has 636 valence electrons. The van der Waals surface area contributed by atoms with Crippen molar-refractivity contribution in [3.63, 3.8) is 0 Å². The number of anilines is 3. The molecule has 0 radical (unpaired) electrons. The lowest BCUT2D eigenvalue weighted by Gasteiger charge is -2.30. The van der Waals surface area contributed by atoms with Crippen molar-refractivity contribution in [1.29, 1.82) is 0 Å². The van der Waals surface area contributed by atoms with Gasteiger partial charge in [0.05, 0.1) is 94.8 Å². The van der Waals surface area contributed by atoms with Crippen LogP contribution in [0.4, 0.5) is 17.8 Å². The minimum atomic E-state index is -0.645. The fourth-order valence-electron chi connectivity index (χ4n) is 19.3. The van der Waals surface area contributed by atoms with Crippen molar-refractivity contribution in [2.24, 2.45) is 35.5 Å². The summed E-state index contributed by atoms with van der Waals surface area (Å²) in [6.45, 7) is 18.1. The van der Waals surface area contributed by atoms with Gasteiger partial charge >= 0.3 is 17.3 Å². The Morgan fingerprint density at radius 1 is 0.423 bits per heavy atom. The zero-order valence-electron chi connectivity index (χ0n) is 69.0. The second kappa shape index (κ2) is 34.6. The minimum absolute atomic E-state index is 0.0359. The highest BCUT2D eigenvalue weighted by molar-refractivity contribution is 7.09. The zero-order chi connectivity index (χ0) is 84.3. The smallest absolute Gasteiger partial charge is 0.361 e. The average Bonchev–Trinajstić information content (AvgIpc) is 1.60. The number of thiazole rings is 1. The highest BCUT2D eigenvalue weighted by atomic mass is 35.5. The number of pyridine rings is 6. The standard InChI is InChI=1S/C30H33ClN8O3.C29H31ClN8O3.C28H29ClN8O2S/c1-16-6-8-19(9-7-16)15-39-27-22(34-29(39)38-10-4-5-24(38)25-17(2)36-41-18(25)3)12-23(28-35-30(40)42-37-28)33-26(27)20-11-21(31)14-32-13-20;1-16-5-7-18(8-6-16)15-38-26-21(33-28(38)37-9-3-4-23(37)24-10-17(2)35-40-24)12-22(27-34-29(39)41-36-27)32-25(26)19-11-20(30)14-31-13-19;1-16-4-6-17(7-5-16)15-37-24-20(33-27(37)36-9-2-3-22(36)26-31-8-10-40-26)12-21(25-34-28(38)39-35-25)32-23(24)18-11-19(29)14-30-13-18/h11-14,16,19,24H,4-10,15H2,1-3H3,(H,35,37,40);10-14,16,18,23H,3-9,15H2,1-2H3,(H,34,36,39);8,10-14,16-17,22H,2-7,9,15H2,1H3,(H,34,35,38)/t;;16?,17?,22-/m..0/s1. The molecule has 6 fully saturated rings. The molecule has 6 aliphatic rings. The van der Waals surface area contributed by atoms with Gasteiger partial charge in [0.15, 0.2) is 5.76 Å². The van der Waals surface area contributed by atoms with E-state index in [1.54, 1.807) is 48.5 Å². The third-order valence-corrected chi connectivity index (χ3v) is 27.0. The Kier molecular flexibility index (Phi) is 22.8. The normalized spacial score (nSPS) is 21.2. The molecule has 123 heavy (non-hydrogen) atoms. The maximum absolute atomic E-state index is 11.8. The number of H-pyrrole nitrogens is 3. The first-order chi connectivity index (χ1) is 59.8. The number of fused-ring (bicyclic) bond motifs is 3. The fraction of sp³-hybridized carbons (Fsp3) is 0.448. The Morgan fingerprint density at radius 2 is 0.805 bits per heavy atom. The molecule has 3 saturated heterocycles. The topological polar surface area (TPSA) is 382 Å². The molecule has 0 bridgehead atoms. The first-order valence-electron chi connectivity index (χ1n) is 42.6. The number of imidazole rings is 3. The summed E-state index contributed by atoms with van der Waals surface area (Å²) in [4.78, 5) is 98.9. The number of aromatic amines is 3. The Hall–Kier alpha value is -11.6. The monoisotopic (exact) mass is 1740 g/mol. The van der Waals surface area contributed by atoms with Gasteiger partial charge in [-0.1, -0.05) is 120 Å². The Morgan fingerprint density at radius 3 is 1.15 bits per heavy atom. The first-order valence-corrected chi connectivity index (χ1v) is 44.6. The number of aryl methyl sites for hydroxylation is 3. The maximum Gasteiger partial charge on any atom is 0.439 e. The fourth-order valence-corrected chi connectivity index (χ4v) is 20.6. The van der Waals surface area contributed by atoms with Gasteiger partial charge in [-0.05, 0) is 170 Å². The van der Waals surface area contributed by atoms with E-state index in [4.69, 9.17) is 87.3 Å². The van der Waals surface area contributed by atoms with Crippen LogP contribution in [-0.4, -0.2) is 124 Å². The largest absolute Gasteiger partial charge is 0.439 e. The number of hydrogen-bond donors (Lipinski definition) is 3. The van der Waals surface area contributed by atoms with Crippen LogP contribution in [0, 0.1) is 56.3 Å². The van der Waals surface area contributed by atoms with Crippen molar-refractivity contribution in [2.75, 3.05) is 34.3 Å². The predicted octanol–water partition coefficient (Wildman–Crippen LogP) is 18.3. The number of hydrogen-bond acceptors (Lipinski definition) is 27. The third kappa shape index (κ3) is 16.8. The van der Waals surface area contributed by atoms with Crippen molar-refractivity contribution in [1.82, 2.24) is 104 Å². The maximum atomic E-state index is 11.8. The molecule has 3 aliphatic carbocycles. The highest BCUT2D eigenvalue weighted by Gasteiger charge is 2.40. The van der Waals surface area contributed by atoms with E-state index in [2.05, 4.69) is 110 Å². The van der Waals surface area contributed by atoms with Crippen molar-refractivity contribution in [3.8, 4) is 68.3 Å². The lowest BCUT2D eigenvalue weighted by Crippen LogP contribution is -2.28. The summed E-state index contributed by atoms with van der Waals surface area (Å²) in [7, 11) is 0. The van der Waals surface area contributed by atoms with Gasteiger partial charge in [-0.3, -0.25) is 43.5 Å². The van der Waals surface area contributed by atoms with Crippen LogP contribution >= 0.6 is 46.1 Å². The number of nitrogens with zero attached hydrogens (tertiary/aromatic N) is 21. The molecule has 18 heterocycles. The molecular weight excluding hydrogens is 1650 g/mol. The van der Waals surface area contributed by atoms with E-state index < -0.39 is 17.3 Å². The molecule has 3 aliphatic heterocycles. The van der Waals surface area contributed by atoms with E-state index >= 15 is 0 Å². The van der Waals surface area contributed by atoms with Crippen LogP contribution < -0.4 is 32.0 Å². The number of aromatic nitrogens is 21. The summed E-state index contributed by atoms with van der Waals surface area (Å²) in [5.74, 6) is 7.07. The summed E-state index contributed by atoms with van der Waals surface area (Å²) in [6.07, 6.45) is 32.5. The van der Waals surface area contributed by atoms with E-state index in [0.717, 1.165) is 197 Å². The van der Waals surface area contributed by atoms with Gasteiger partial charge in [0, 0.05) is 116 Å². The average molecular weight is 1740 g/mol. The third-order valence-electron chi connectivity index (χ3n) is 25.5. The van der Waals surface area contributed by atoms with Gasteiger partial charge in [0.2, 0.25) is 35.3 Å². The minimum Gasteiger partial charge on any atom is -0.361 e. The van der Waals surface area contributed by atoms with Crippen LogP contribution in [0.3, 0.4) is 0 Å². The Balaban J connectivity index is 0.000000121. The van der Waals surface area contributed by atoms with Gasteiger partial charge in [-0.25, -0.2) is 49.3 Å². The summed E-state index contributed by atoms with van der Waals surface area (Å²) in [5, 5.41) is 24.8. The predicted molar refractivity (Wildman–Crippen MR) is 466 cm³/mol. The van der Waals surface area contributed by atoms with Crippen molar-refractivity contribution in [2.45, 2.75) is 195 Å². The first kappa shape index (κ1) is 81.1. The molecule has 15 aromatic heterocycles. The molecule has 3 saturated carbocycles. The molecule has 0 spiro atoms. The van der Waals surface area contributed by atoms with E-state index in [0.29, 0.717) is 67.0 Å². The number of rotatable bonds is 18. The van der Waals surface area contributed by atoms with E-state index in [1.165, 1.54) is 77.0 Å². The van der Waals surface area contributed by atoms with Gasteiger partial charge in [-0.2, -0.15) is 0 Å². The second-order valence-corrected chi connectivity index (χ2v) is 36.4. The quantitative estimate of drug-likeness (QED) is 0.0718. The SMILES string of the molecule is CC1CCC(Cn2c(N3CCC[C@H]3c3nccs3)nc3cc(-c4noc(=O)[nH]4)nc(-c4cncc(Cl)c4)c32)CC1.Cc1cc(C2CCCN2c2nc3cc(-c4noc(=O)[nH]4)nc(-c4cncc(Cl)c4)c3n2CC2CCC(C)CC2)on1.Cc1noc(C)c1C1CCCN1c1nc2cc(-c3noc(=O)[nH]3)nc(-c3cncc(Cl)c3)c2n1CC1CCC(C)CC1. The van der Waals surface area contributed by atoms with Crippen LogP contribution in [-0.2, 0) is 19.6 Å². The number of halogens is 3. The lowest BCUT2D eigenvalue weighted by atomic mass is 9.83. The van der Waals surface area contributed by atoms with Gasteiger partial charge < -0.3 is 37.4 Å². The molecule has 0 amide bonds. The Bertz CT molecular complexity index is 6490. The van der Waals surface area contributed by atoms with Crippen molar-refractivity contribution < 1.29 is 22.6 Å². The van der Waals surface area contributed by atoms with Crippen LogP contribution in [0.2, 0.25) is 15.1 Å². The van der Waals surface area contributed by atoms with Crippen LogP contribution in [0.15, 0.2) is 128 Å². The van der Waals surface area contributed by atoms with Crippen molar-refractivity contribution in [3.05, 3.63) is 171 Å². The molecule has 2 unspecified atom stereocenters.